The topological polar surface area (TPSA) is 42.2 Å². The largest absolute Gasteiger partial charge is 0.418 e. The van der Waals surface area contributed by atoms with Crippen molar-refractivity contribution >= 4 is 11.3 Å². The zero-order valence-corrected chi connectivity index (χ0v) is 10.6. The maximum absolute atomic E-state index is 5.75. The monoisotopic (exact) mass is 249 g/mol. The number of thiophene rings is 1. The normalized spacial score (nSPS) is 18.6. The molecule has 0 amide bonds. The Labute approximate surface area is 104 Å². The number of nitrogens with zero attached hydrogens (tertiary/aromatic N) is 3. The van der Waals surface area contributed by atoms with Crippen LogP contribution in [0.2, 0.25) is 0 Å². The molecule has 0 aliphatic carbocycles. The first-order valence-electron chi connectivity index (χ1n) is 5.96. The number of likely N-dealkylation sites (tertiary alicyclic amines) is 1. The molecule has 3 rings (SSSR count). The SMILES string of the molecule is C[C@@H](c1nnc(-c2cccs2)o1)N1CCCC1. The van der Waals surface area contributed by atoms with Crippen LogP contribution in [0.25, 0.3) is 10.8 Å². The van der Waals surface area contributed by atoms with Crippen LogP contribution in [0, 0.1) is 0 Å². The zero-order chi connectivity index (χ0) is 11.7. The van der Waals surface area contributed by atoms with Crippen LogP contribution < -0.4 is 0 Å². The van der Waals surface area contributed by atoms with Crippen LogP contribution in [0.5, 0.6) is 0 Å². The quantitative estimate of drug-likeness (QED) is 0.838. The molecule has 1 fully saturated rings. The van der Waals surface area contributed by atoms with E-state index >= 15 is 0 Å². The summed E-state index contributed by atoms with van der Waals surface area (Å²) in [6.07, 6.45) is 2.55. The molecule has 2 aromatic heterocycles. The van der Waals surface area contributed by atoms with E-state index in [1.807, 2.05) is 17.5 Å². The van der Waals surface area contributed by atoms with Gasteiger partial charge in [-0.3, -0.25) is 4.90 Å². The smallest absolute Gasteiger partial charge is 0.257 e. The third-order valence-corrected chi connectivity index (χ3v) is 4.08. The molecule has 0 radical (unpaired) electrons. The lowest BCUT2D eigenvalue weighted by atomic mass is 10.3. The molecule has 2 aromatic rings. The Kier molecular flexibility index (Phi) is 2.94. The average molecular weight is 249 g/mol. The highest BCUT2D eigenvalue weighted by atomic mass is 32.1. The molecular formula is C12H15N3OS. The number of rotatable bonds is 3. The molecule has 0 saturated carbocycles. The van der Waals surface area contributed by atoms with E-state index in [4.69, 9.17) is 4.42 Å². The first-order valence-corrected chi connectivity index (χ1v) is 6.84. The van der Waals surface area contributed by atoms with Crippen LogP contribution in [-0.4, -0.2) is 28.2 Å². The fraction of sp³-hybridized carbons (Fsp3) is 0.500. The van der Waals surface area contributed by atoms with Crippen molar-refractivity contribution in [2.24, 2.45) is 0 Å². The van der Waals surface area contributed by atoms with Gasteiger partial charge in [-0.15, -0.1) is 21.5 Å². The highest BCUT2D eigenvalue weighted by Gasteiger charge is 2.24. The molecule has 1 aliphatic rings. The van der Waals surface area contributed by atoms with E-state index in [0.717, 1.165) is 23.9 Å². The highest BCUT2D eigenvalue weighted by molar-refractivity contribution is 7.13. The average Bonchev–Trinajstić information content (AvgIpc) is 3.09. The van der Waals surface area contributed by atoms with Crippen molar-refractivity contribution in [2.45, 2.75) is 25.8 Å². The predicted octanol–water partition coefficient (Wildman–Crippen LogP) is 2.95. The van der Waals surface area contributed by atoms with Crippen LogP contribution >= 0.6 is 11.3 Å². The molecule has 0 bridgehead atoms. The van der Waals surface area contributed by atoms with Crippen molar-refractivity contribution in [2.75, 3.05) is 13.1 Å². The summed E-state index contributed by atoms with van der Waals surface area (Å²) in [6.45, 7) is 4.41. The van der Waals surface area contributed by atoms with Gasteiger partial charge in [-0.2, -0.15) is 0 Å². The minimum atomic E-state index is 0.235. The minimum Gasteiger partial charge on any atom is -0.418 e. The van der Waals surface area contributed by atoms with E-state index < -0.39 is 0 Å². The first kappa shape index (κ1) is 10.9. The second-order valence-corrected chi connectivity index (χ2v) is 5.29. The number of hydrogen-bond acceptors (Lipinski definition) is 5. The standard InChI is InChI=1S/C12H15N3OS/c1-9(15-6-2-3-7-15)11-13-14-12(16-11)10-5-4-8-17-10/h4-5,8-9H,2-3,6-7H2,1H3/t9-/m0/s1. The Balaban J connectivity index is 1.80. The Hall–Kier alpha value is -1.20. The maximum atomic E-state index is 5.75. The lowest BCUT2D eigenvalue weighted by Gasteiger charge is -2.19. The fourth-order valence-electron chi connectivity index (χ4n) is 2.19. The predicted molar refractivity (Wildman–Crippen MR) is 66.8 cm³/mol. The molecule has 17 heavy (non-hydrogen) atoms. The molecule has 1 saturated heterocycles. The van der Waals surface area contributed by atoms with Gasteiger partial charge in [0.15, 0.2) is 0 Å². The summed E-state index contributed by atoms with van der Waals surface area (Å²) in [4.78, 5) is 3.43. The van der Waals surface area contributed by atoms with Crippen LogP contribution in [-0.2, 0) is 0 Å². The Morgan fingerprint density at radius 1 is 1.35 bits per heavy atom. The molecule has 4 nitrogen and oxygen atoms in total. The van der Waals surface area contributed by atoms with Gasteiger partial charge < -0.3 is 4.42 Å². The Morgan fingerprint density at radius 2 is 2.18 bits per heavy atom. The van der Waals surface area contributed by atoms with Gasteiger partial charge in [-0.25, -0.2) is 0 Å². The van der Waals surface area contributed by atoms with Gasteiger partial charge in [0.25, 0.3) is 5.89 Å². The highest BCUT2D eigenvalue weighted by Crippen LogP contribution is 2.28. The van der Waals surface area contributed by atoms with Gasteiger partial charge in [-0.05, 0) is 44.3 Å². The summed E-state index contributed by atoms with van der Waals surface area (Å²) in [6, 6.07) is 4.23. The molecule has 5 heteroatoms. The molecule has 3 heterocycles. The van der Waals surface area contributed by atoms with Crippen LogP contribution in [0.1, 0.15) is 31.7 Å². The summed E-state index contributed by atoms with van der Waals surface area (Å²) < 4.78 is 5.75. The van der Waals surface area contributed by atoms with Crippen molar-refractivity contribution in [1.82, 2.24) is 15.1 Å². The molecular weight excluding hydrogens is 234 g/mol. The number of hydrogen-bond donors (Lipinski definition) is 0. The van der Waals surface area contributed by atoms with E-state index in [1.165, 1.54) is 12.8 Å². The maximum Gasteiger partial charge on any atom is 0.257 e. The van der Waals surface area contributed by atoms with E-state index in [0.29, 0.717) is 5.89 Å². The van der Waals surface area contributed by atoms with Gasteiger partial charge in [0.2, 0.25) is 5.89 Å². The summed E-state index contributed by atoms with van der Waals surface area (Å²) >= 11 is 1.62. The molecule has 0 unspecified atom stereocenters. The van der Waals surface area contributed by atoms with Crippen molar-refractivity contribution in [3.8, 4) is 10.8 Å². The second-order valence-electron chi connectivity index (χ2n) is 4.34. The molecule has 1 aliphatic heterocycles. The molecule has 0 N–H and O–H groups in total. The van der Waals surface area contributed by atoms with E-state index in [2.05, 4.69) is 22.0 Å². The van der Waals surface area contributed by atoms with Crippen LogP contribution in [0.4, 0.5) is 0 Å². The molecule has 90 valence electrons. The lowest BCUT2D eigenvalue weighted by molar-refractivity contribution is 0.226. The van der Waals surface area contributed by atoms with Gasteiger partial charge in [-0.1, -0.05) is 6.07 Å². The van der Waals surface area contributed by atoms with E-state index in [9.17, 15) is 0 Å². The van der Waals surface area contributed by atoms with E-state index in [1.54, 1.807) is 11.3 Å². The Bertz CT molecular complexity index is 474. The lowest BCUT2D eigenvalue weighted by Crippen LogP contribution is -2.23. The summed E-state index contributed by atoms with van der Waals surface area (Å²) in [5.41, 5.74) is 0. The van der Waals surface area contributed by atoms with Crippen LogP contribution in [0.15, 0.2) is 21.9 Å². The third kappa shape index (κ3) is 2.12. The van der Waals surface area contributed by atoms with Crippen LogP contribution in [0.3, 0.4) is 0 Å². The molecule has 1 atom stereocenters. The summed E-state index contributed by atoms with van der Waals surface area (Å²) in [5.74, 6) is 1.37. The van der Waals surface area contributed by atoms with Crippen molar-refractivity contribution in [3.63, 3.8) is 0 Å². The summed E-state index contributed by atoms with van der Waals surface area (Å²) in [5, 5.41) is 10.3. The second kappa shape index (κ2) is 4.58. The third-order valence-electron chi connectivity index (χ3n) is 3.22. The fourth-order valence-corrected chi connectivity index (χ4v) is 2.83. The van der Waals surface area contributed by atoms with Gasteiger partial charge >= 0.3 is 0 Å². The Morgan fingerprint density at radius 3 is 2.88 bits per heavy atom. The molecule has 0 spiro atoms. The van der Waals surface area contributed by atoms with Crippen molar-refractivity contribution in [3.05, 3.63) is 23.4 Å². The van der Waals surface area contributed by atoms with Crippen molar-refractivity contribution in [1.29, 1.82) is 0 Å². The summed E-state index contributed by atoms with van der Waals surface area (Å²) in [7, 11) is 0. The minimum absolute atomic E-state index is 0.235. The van der Waals surface area contributed by atoms with Gasteiger partial charge in [0.1, 0.15) is 0 Å². The molecule has 0 aromatic carbocycles. The first-order chi connectivity index (χ1) is 8.34. The number of aromatic nitrogens is 2. The van der Waals surface area contributed by atoms with Gasteiger partial charge in [0, 0.05) is 0 Å². The van der Waals surface area contributed by atoms with Gasteiger partial charge in [0.05, 0.1) is 10.9 Å². The van der Waals surface area contributed by atoms with E-state index in [-0.39, 0.29) is 6.04 Å². The van der Waals surface area contributed by atoms with Crippen molar-refractivity contribution < 1.29 is 4.42 Å². The zero-order valence-electron chi connectivity index (χ0n) is 9.80.